The normalized spacial score (nSPS) is 10.6. The molecule has 0 aliphatic carbocycles. The van der Waals surface area contributed by atoms with E-state index in [2.05, 4.69) is 79.5 Å². The van der Waals surface area contributed by atoms with E-state index in [4.69, 9.17) is 0 Å². The van der Waals surface area contributed by atoms with E-state index in [9.17, 15) is 0 Å². The maximum absolute atomic E-state index is 3.35. The van der Waals surface area contributed by atoms with Crippen molar-refractivity contribution in [3.05, 3.63) is 59.7 Å². The second-order valence-corrected chi connectivity index (χ2v) is 5.03. The Bertz CT molecular complexity index is 514. The molecule has 0 aliphatic heterocycles. The maximum Gasteiger partial charge on any atom is 0.0410 e. The molecule has 0 fully saturated rings. The molecule has 0 atom stereocenters. The van der Waals surface area contributed by atoms with Crippen LogP contribution in [-0.4, -0.2) is 13.1 Å². The van der Waals surface area contributed by atoms with Crippen LogP contribution in [0.2, 0.25) is 0 Å². The molecule has 2 heteroatoms. The van der Waals surface area contributed by atoms with Gasteiger partial charge in [0, 0.05) is 24.5 Å². The fraction of sp³-hybridized carbons (Fsp3) is 0.333. The van der Waals surface area contributed by atoms with Crippen molar-refractivity contribution in [2.45, 2.75) is 27.3 Å². The molecule has 0 bridgehead atoms. The Morgan fingerprint density at radius 2 is 1.40 bits per heavy atom. The summed E-state index contributed by atoms with van der Waals surface area (Å²) in [6.07, 6.45) is 0. The van der Waals surface area contributed by atoms with E-state index in [-0.39, 0.29) is 0 Å². The molecule has 0 radical (unpaired) electrons. The maximum atomic E-state index is 3.35. The summed E-state index contributed by atoms with van der Waals surface area (Å²) in [5.41, 5.74) is 5.12. The third kappa shape index (κ3) is 3.61. The third-order valence-corrected chi connectivity index (χ3v) is 3.49. The van der Waals surface area contributed by atoms with Crippen LogP contribution in [0.5, 0.6) is 0 Å². The van der Waals surface area contributed by atoms with Crippen LogP contribution < -0.4 is 10.2 Å². The highest BCUT2D eigenvalue weighted by molar-refractivity contribution is 5.63. The van der Waals surface area contributed by atoms with Crippen LogP contribution in [0.1, 0.15) is 25.0 Å². The van der Waals surface area contributed by atoms with Crippen molar-refractivity contribution in [1.29, 1.82) is 0 Å². The van der Waals surface area contributed by atoms with Crippen LogP contribution in [0.4, 0.5) is 11.4 Å². The first-order valence-corrected chi connectivity index (χ1v) is 7.38. The number of hydrogen-bond donors (Lipinski definition) is 1. The van der Waals surface area contributed by atoms with Crippen molar-refractivity contribution >= 4 is 11.4 Å². The summed E-state index contributed by atoms with van der Waals surface area (Å²) in [5.74, 6) is 0. The van der Waals surface area contributed by atoms with E-state index >= 15 is 0 Å². The van der Waals surface area contributed by atoms with E-state index in [1.54, 1.807) is 0 Å². The predicted molar refractivity (Wildman–Crippen MR) is 87.7 cm³/mol. The van der Waals surface area contributed by atoms with Crippen molar-refractivity contribution in [1.82, 2.24) is 5.32 Å². The van der Waals surface area contributed by atoms with Crippen LogP contribution >= 0.6 is 0 Å². The summed E-state index contributed by atoms with van der Waals surface area (Å²) in [6, 6.07) is 17.5. The third-order valence-electron chi connectivity index (χ3n) is 3.49. The van der Waals surface area contributed by atoms with Gasteiger partial charge in [0.25, 0.3) is 0 Å². The first-order valence-electron chi connectivity index (χ1n) is 7.38. The monoisotopic (exact) mass is 268 g/mol. The number of nitrogens with zero attached hydrogens (tertiary/aromatic N) is 1. The second kappa shape index (κ2) is 7.11. The lowest BCUT2D eigenvalue weighted by Crippen LogP contribution is -2.16. The second-order valence-electron chi connectivity index (χ2n) is 5.03. The molecular weight excluding hydrogens is 244 g/mol. The summed E-state index contributed by atoms with van der Waals surface area (Å²) in [5, 5.41) is 3.35. The van der Waals surface area contributed by atoms with Gasteiger partial charge in [-0.3, -0.25) is 0 Å². The molecule has 106 valence electrons. The molecule has 20 heavy (non-hydrogen) atoms. The zero-order valence-corrected chi connectivity index (χ0v) is 12.7. The summed E-state index contributed by atoms with van der Waals surface area (Å²) in [6.45, 7) is 9.35. The number of benzene rings is 2. The van der Waals surface area contributed by atoms with Crippen molar-refractivity contribution in [3.63, 3.8) is 0 Å². The van der Waals surface area contributed by atoms with Gasteiger partial charge in [0.05, 0.1) is 0 Å². The van der Waals surface area contributed by atoms with Crippen LogP contribution in [0.3, 0.4) is 0 Å². The van der Waals surface area contributed by atoms with Gasteiger partial charge >= 0.3 is 0 Å². The molecule has 0 unspecified atom stereocenters. The molecule has 0 heterocycles. The molecule has 2 aromatic carbocycles. The van der Waals surface area contributed by atoms with Gasteiger partial charge in [0.15, 0.2) is 0 Å². The highest BCUT2D eigenvalue weighted by Gasteiger charge is 2.06. The average Bonchev–Trinajstić information content (AvgIpc) is 2.49. The van der Waals surface area contributed by atoms with Crippen LogP contribution in [0.25, 0.3) is 0 Å². The first-order chi connectivity index (χ1) is 9.74. The fourth-order valence-corrected chi connectivity index (χ4v) is 2.30. The quantitative estimate of drug-likeness (QED) is 0.842. The number of nitrogens with one attached hydrogen (secondary N) is 1. The summed E-state index contributed by atoms with van der Waals surface area (Å²) < 4.78 is 0. The van der Waals surface area contributed by atoms with E-state index in [0.29, 0.717) is 0 Å². The van der Waals surface area contributed by atoms with Gasteiger partial charge in [-0.1, -0.05) is 36.8 Å². The Morgan fingerprint density at radius 3 is 1.90 bits per heavy atom. The van der Waals surface area contributed by atoms with Crippen molar-refractivity contribution < 1.29 is 0 Å². The minimum atomic E-state index is 0.938. The first kappa shape index (κ1) is 14.6. The predicted octanol–water partition coefficient (Wildman–Crippen LogP) is 4.26. The summed E-state index contributed by atoms with van der Waals surface area (Å²) in [7, 11) is 0. The Balaban J connectivity index is 2.17. The molecule has 0 aromatic heterocycles. The molecule has 2 nitrogen and oxygen atoms in total. The Labute approximate surface area is 122 Å². The molecular formula is C18H24N2. The van der Waals surface area contributed by atoms with Crippen molar-refractivity contribution in [3.8, 4) is 0 Å². The molecule has 0 saturated heterocycles. The Morgan fingerprint density at radius 1 is 0.850 bits per heavy atom. The molecule has 2 aromatic rings. The summed E-state index contributed by atoms with van der Waals surface area (Å²) in [4.78, 5) is 2.33. The SMILES string of the molecule is CCNCc1ccc(N(CC)c2ccc(C)cc2)cc1. The smallest absolute Gasteiger partial charge is 0.0410 e. The molecule has 2 rings (SSSR count). The highest BCUT2D eigenvalue weighted by Crippen LogP contribution is 2.25. The van der Waals surface area contributed by atoms with E-state index < -0.39 is 0 Å². The van der Waals surface area contributed by atoms with Gasteiger partial charge in [-0.15, -0.1) is 0 Å². The lowest BCUT2D eigenvalue weighted by atomic mass is 10.1. The van der Waals surface area contributed by atoms with Crippen LogP contribution in [0, 0.1) is 6.92 Å². The Kier molecular flexibility index (Phi) is 5.19. The lowest BCUT2D eigenvalue weighted by Gasteiger charge is -2.23. The van der Waals surface area contributed by atoms with Gasteiger partial charge in [0.2, 0.25) is 0 Å². The van der Waals surface area contributed by atoms with E-state index in [1.807, 2.05) is 0 Å². The fourth-order valence-electron chi connectivity index (χ4n) is 2.30. The van der Waals surface area contributed by atoms with Crippen LogP contribution in [0.15, 0.2) is 48.5 Å². The molecule has 0 spiro atoms. The number of rotatable bonds is 6. The number of hydrogen-bond acceptors (Lipinski definition) is 2. The van der Waals surface area contributed by atoms with E-state index in [0.717, 1.165) is 19.6 Å². The average molecular weight is 268 g/mol. The molecule has 0 saturated carbocycles. The zero-order chi connectivity index (χ0) is 14.4. The molecule has 0 amide bonds. The minimum Gasteiger partial charge on any atom is -0.342 e. The van der Waals surface area contributed by atoms with Gasteiger partial charge < -0.3 is 10.2 Å². The Hall–Kier alpha value is -1.80. The standard InChI is InChI=1S/C18H24N2/c1-4-19-14-16-8-12-18(13-9-16)20(5-2)17-10-6-15(3)7-11-17/h6-13,19H,4-5,14H2,1-3H3. The molecule has 0 aliphatic rings. The zero-order valence-electron chi connectivity index (χ0n) is 12.7. The van der Waals surface area contributed by atoms with Crippen LogP contribution in [-0.2, 0) is 6.54 Å². The van der Waals surface area contributed by atoms with Crippen molar-refractivity contribution in [2.75, 3.05) is 18.0 Å². The summed E-state index contributed by atoms with van der Waals surface area (Å²) >= 11 is 0. The molecule has 1 N–H and O–H groups in total. The largest absolute Gasteiger partial charge is 0.342 e. The van der Waals surface area contributed by atoms with Gasteiger partial charge in [0.1, 0.15) is 0 Å². The minimum absolute atomic E-state index is 0.938. The lowest BCUT2D eigenvalue weighted by molar-refractivity contribution is 0.727. The number of aryl methyl sites for hydroxylation is 1. The van der Waals surface area contributed by atoms with Gasteiger partial charge in [-0.25, -0.2) is 0 Å². The van der Waals surface area contributed by atoms with Crippen molar-refractivity contribution in [2.24, 2.45) is 0 Å². The highest BCUT2D eigenvalue weighted by atomic mass is 15.1. The van der Waals surface area contributed by atoms with Gasteiger partial charge in [-0.2, -0.15) is 0 Å². The van der Waals surface area contributed by atoms with Gasteiger partial charge in [-0.05, 0) is 50.2 Å². The topological polar surface area (TPSA) is 15.3 Å². The van der Waals surface area contributed by atoms with E-state index in [1.165, 1.54) is 22.5 Å². The number of anilines is 2.